The van der Waals surface area contributed by atoms with Crippen molar-refractivity contribution in [3.05, 3.63) is 326 Å². The van der Waals surface area contributed by atoms with E-state index in [0.717, 1.165) is 39.4 Å². The van der Waals surface area contributed by atoms with Gasteiger partial charge in [0.05, 0.1) is 22.1 Å². The fourth-order valence-electron chi connectivity index (χ4n) is 12.4. The largest absolute Gasteiger partial charge is 0.310 e. The average Bonchev–Trinajstić information content (AvgIpc) is 4.07. The molecule has 0 saturated carbocycles. The number of rotatable bonds is 10. The summed E-state index contributed by atoms with van der Waals surface area (Å²) in [6, 6.07) is 111. The molecule has 352 valence electrons. The summed E-state index contributed by atoms with van der Waals surface area (Å²) in [5.41, 5.74) is 23.2. The lowest BCUT2D eigenvalue weighted by Crippen LogP contribution is -2.28. The number of anilines is 3. The quantitative estimate of drug-likeness (QED) is 0.133. The van der Waals surface area contributed by atoms with Crippen molar-refractivity contribution >= 4 is 38.9 Å². The van der Waals surface area contributed by atoms with Crippen LogP contribution in [0.4, 0.5) is 17.1 Å². The Morgan fingerprint density at radius 3 is 1.48 bits per heavy atom. The van der Waals surface area contributed by atoms with Crippen LogP contribution < -0.4 is 4.90 Å². The number of hydrogen-bond acceptors (Lipinski definition) is 1. The summed E-state index contributed by atoms with van der Waals surface area (Å²) in [5.74, 6) is 0. The van der Waals surface area contributed by atoms with Gasteiger partial charge in [-0.25, -0.2) is 0 Å². The summed E-state index contributed by atoms with van der Waals surface area (Å²) in [4.78, 5) is 2.50. The molecule has 0 saturated heterocycles. The van der Waals surface area contributed by atoms with Crippen LogP contribution in [-0.4, -0.2) is 4.57 Å². The Labute approximate surface area is 438 Å². The van der Waals surface area contributed by atoms with Crippen molar-refractivity contribution in [1.29, 1.82) is 0 Å². The summed E-state index contributed by atoms with van der Waals surface area (Å²) in [6.45, 7) is 0. The van der Waals surface area contributed by atoms with Crippen LogP contribution >= 0.6 is 0 Å². The Bertz CT molecular complexity index is 4190. The Kier molecular flexibility index (Phi) is 10.8. The van der Waals surface area contributed by atoms with E-state index >= 15 is 0 Å². The molecule has 13 aromatic rings. The normalized spacial score (nSPS) is 12.4. The van der Waals surface area contributed by atoms with Gasteiger partial charge in [0, 0.05) is 33.4 Å². The highest BCUT2D eigenvalue weighted by Gasteiger charge is 2.46. The highest BCUT2D eigenvalue weighted by molar-refractivity contribution is 6.16. The van der Waals surface area contributed by atoms with Crippen molar-refractivity contribution in [2.24, 2.45) is 0 Å². The number of benzene rings is 12. The molecule has 0 fully saturated rings. The van der Waals surface area contributed by atoms with Gasteiger partial charge in [-0.1, -0.05) is 249 Å². The van der Waals surface area contributed by atoms with Crippen LogP contribution in [0.25, 0.3) is 83.1 Å². The van der Waals surface area contributed by atoms with Gasteiger partial charge < -0.3 is 9.47 Å². The summed E-state index contributed by atoms with van der Waals surface area (Å²) in [7, 11) is 0. The van der Waals surface area contributed by atoms with E-state index < -0.39 is 5.41 Å². The highest BCUT2D eigenvalue weighted by Crippen LogP contribution is 2.58. The standard InChI is InChI=1S/C73H50N2/c1-5-25-51(26-6-1)58-35-13-14-36-60(58)61-37-15-16-38-62(61)64-40-18-21-44-69(64)74(56-34-23-27-52(49-56)59-42-24-46-71-72(59)65-41-19-22-45-70(65)75(71)55-32-11-4-12-33-55)57-47-48-68-66(50-57)63-39-17-20-43-67(63)73(68,53-28-7-2-8-29-53)54-30-9-3-10-31-54/h1-50H. The Morgan fingerprint density at radius 1 is 0.280 bits per heavy atom. The van der Waals surface area contributed by atoms with Crippen LogP contribution in [0.3, 0.4) is 0 Å². The lowest BCUT2D eigenvalue weighted by Gasteiger charge is -2.34. The molecule has 12 aromatic carbocycles. The second kappa shape index (κ2) is 18.4. The molecule has 0 amide bonds. The lowest BCUT2D eigenvalue weighted by atomic mass is 9.68. The van der Waals surface area contributed by atoms with Gasteiger partial charge in [-0.15, -0.1) is 0 Å². The van der Waals surface area contributed by atoms with Gasteiger partial charge in [0.2, 0.25) is 0 Å². The monoisotopic (exact) mass is 954 g/mol. The molecule has 14 rings (SSSR count). The van der Waals surface area contributed by atoms with Gasteiger partial charge in [0.25, 0.3) is 0 Å². The van der Waals surface area contributed by atoms with E-state index in [9.17, 15) is 0 Å². The molecule has 0 N–H and O–H groups in total. The van der Waals surface area contributed by atoms with Gasteiger partial charge in [0.15, 0.2) is 0 Å². The molecule has 2 heteroatoms. The number of nitrogens with zero attached hydrogens (tertiary/aromatic N) is 2. The van der Waals surface area contributed by atoms with Crippen LogP contribution in [0.15, 0.2) is 303 Å². The van der Waals surface area contributed by atoms with E-state index in [-0.39, 0.29) is 0 Å². The summed E-state index contributed by atoms with van der Waals surface area (Å²) in [6.07, 6.45) is 0. The van der Waals surface area contributed by atoms with Crippen LogP contribution in [0.1, 0.15) is 22.3 Å². The zero-order valence-electron chi connectivity index (χ0n) is 41.3. The summed E-state index contributed by atoms with van der Waals surface area (Å²) in [5, 5.41) is 2.46. The van der Waals surface area contributed by atoms with Crippen molar-refractivity contribution in [2.75, 3.05) is 4.90 Å². The minimum absolute atomic E-state index is 0.516. The maximum Gasteiger partial charge on any atom is 0.0713 e. The number of para-hydroxylation sites is 3. The Morgan fingerprint density at radius 2 is 0.760 bits per heavy atom. The molecule has 2 nitrogen and oxygen atoms in total. The fraction of sp³-hybridized carbons (Fsp3) is 0.0137. The Hall–Kier alpha value is -9.76. The fourth-order valence-corrected chi connectivity index (χ4v) is 12.4. The van der Waals surface area contributed by atoms with Gasteiger partial charge in [-0.3, -0.25) is 0 Å². The first-order chi connectivity index (χ1) is 37.3. The Balaban J connectivity index is 1.01. The SMILES string of the molecule is c1ccc(-c2ccccc2-c2ccccc2-c2ccccc2N(c2cccc(-c3cccc4c3c3ccccc3n4-c3ccccc3)c2)c2ccc3c(c2)-c2ccccc2C3(c2ccccc2)c2ccccc2)cc1. The van der Waals surface area contributed by atoms with Crippen LogP contribution in [0.5, 0.6) is 0 Å². The molecule has 0 unspecified atom stereocenters. The van der Waals surface area contributed by atoms with Crippen molar-refractivity contribution in [3.63, 3.8) is 0 Å². The third kappa shape index (κ3) is 7.17. The van der Waals surface area contributed by atoms with Crippen LogP contribution in [0, 0.1) is 0 Å². The van der Waals surface area contributed by atoms with E-state index in [1.807, 2.05) is 0 Å². The molecule has 1 aliphatic carbocycles. The van der Waals surface area contributed by atoms with Crippen molar-refractivity contribution in [2.45, 2.75) is 5.41 Å². The van der Waals surface area contributed by atoms with E-state index in [1.54, 1.807) is 0 Å². The molecule has 1 heterocycles. The first kappa shape index (κ1) is 44.0. The second-order valence-corrected chi connectivity index (χ2v) is 19.5. The van der Waals surface area contributed by atoms with Crippen molar-refractivity contribution < 1.29 is 0 Å². The molecule has 1 aromatic heterocycles. The summed E-state index contributed by atoms with van der Waals surface area (Å²) < 4.78 is 2.40. The molecule has 0 spiro atoms. The number of fused-ring (bicyclic) bond motifs is 6. The molecule has 0 aliphatic heterocycles. The van der Waals surface area contributed by atoms with E-state index in [4.69, 9.17) is 0 Å². The average molecular weight is 955 g/mol. The highest BCUT2D eigenvalue weighted by atomic mass is 15.1. The number of aromatic nitrogens is 1. The van der Waals surface area contributed by atoms with Gasteiger partial charge in [-0.2, -0.15) is 0 Å². The third-order valence-corrected chi connectivity index (χ3v) is 15.5. The van der Waals surface area contributed by atoms with E-state index in [1.165, 1.54) is 83.0 Å². The topological polar surface area (TPSA) is 8.17 Å². The molecule has 75 heavy (non-hydrogen) atoms. The maximum absolute atomic E-state index is 2.50. The molecular formula is C73H50N2. The van der Waals surface area contributed by atoms with Crippen LogP contribution in [-0.2, 0) is 5.41 Å². The smallest absolute Gasteiger partial charge is 0.0713 e. The predicted octanol–water partition coefficient (Wildman–Crippen LogP) is 19.3. The summed E-state index contributed by atoms with van der Waals surface area (Å²) >= 11 is 0. The zero-order chi connectivity index (χ0) is 49.7. The third-order valence-electron chi connectivity index (χ3n) is 15.5. The molecule has 0 atom stereocenters. The molecular weight excluding hydrogens is 905 g/mol. The predicted molar refractivity (Wildman–Crippen MR) is 315 cm³/mol. The minimum Gasteiger partial charge on any atom is -0.310 e. The van der Waals surface area contributed by atoms with Gasteiger partial charge in [0.1, 0.15) is 0 Å². The minimum atomic E-state index is -0.516. The first-order valence-electron chi connectivity index (χ1n) is 25.9. The van der Waals surface area contributed by atoms with Gasteiger partial charge >= 0.3 is 0 Å². The molecule has 0 bridgehead atoms. The van der Waals surface area contributed by atoms with Crippen LogP contribution in [0.2, 0.25) is 0 Å². The first-order valence-corrected chi connectivity index (χ1v) is 25.9. The van der Waals surface area contributed by atoms with Gasteiger partial charge in [-0.05, 0) is 127 Å². The lowest BCUT2D eigenvalue weighted by molar-refractivity contribution is 0.768. The van der Waals surface area contributed by atoms with Crippen molar-refractivity contribution in [3.8, 4) is 61.3 Å². The number of hydrogen-bond donors (Lipinski definition) is 0. The van der Waals surface area contributed by atoms with E-state index in [0.29, 0.717) is 0 Å². The zero-order valence-corrected chi connectivity index (χ0v) is 41.3. The second-order valence-electron chi connectivity index (χ2n) is 19.5. The van der Waals surface area contributed by atoms with Crippen molar-refractivity contribution in [1.82, 2.24) is 4.57 Å². The molecule has 0 radical (unpaired) electrons. The molecule has 1 aliphatic rings. The maximum atomic E-state index is 2.50. The van der Waals surface area contributed by atoms with E-state index in [2.05, 4.69) is 313 Å².